The quantitative estimate of drug-likeness (QED) is 0.648. The summed E-state index contributed by atoms with van der Waals surface area (Å²) in [7, 11) is -3.40. The minimum Gasteiger partial charge on any atom is -0.490 e. The van der Waals surface area contributed by atoms with Crippen molar-refractivity contribution in [1.82, 2.24) is 9.88 Å². The molecule has 1 aliphatic carbocycles. The Morgan fingerprint density at radius 1 is 1.14 bits per heavy atom. The number of anilines is 2. The highest BCUT2D eigenvalue weighted by Gasteiger charge is 2.34. The van der Waals surface area contributed by atoms with Crippen molar-refractivity contribution in [3.63, 3.8) is 0 Å². The Balaban J connectivity index is 1.29. The number of likely N-dealkylation sites (tertiary alicyclic amines) is 1. The Bertz CT molecular complexity index is 1240. The van der Waals surface area contributed by atoms with E-state index in [2.05, 4.69) is 9.88 Å². The summed E-state index contributed by atoms with van der Waals surface area (Å²) in [5, 5.41) is 9.81. The Labute approximate surface area is 211 Å². The Kier molecular flexibility index (Phi) is 6.82. The van der Waals surface area contributed by atoms with Gasteiger partial charge in [0.05, 0.1) is 36.8 Å². The summed E-state index contributed by atoms with van der Waals surface area (Å²) < 4.78 is 36.1. The van der Waals surface area contributed by atoms with Crippen molar-refractivity contribution < 1.29 is 27.8 Å². The standard InChI is InChI=1S/C26H33N3O6S/c1-17-13-19(15-27-25(17)36(2,32)33)29-11-12-34-24-8-7-21(14-23(24)29)35-22-9-10-28(16-22)26(31)18-3-5-20(30)6-4-18/h7-8,13-15,18,20,22,30H,3-6,9-12,16H2,1-2H3. The van der Waals surface area contributed by atoms with Gasteiger partial charge in [0.2, 0.25) is 5.91 Å². The van der Waals surface area contributed by atoms with E-state index in [0.29, 0.717) is 50.4 Å². The number of rotatable bonds is 5. The van der Waals surface area contributed by atoms with E-state index in [1.807, 2.05) is 29.2 Å². The number of aromatic nitrogens is 1. The molecule has 0 radical (unpaired) electrons. The number of aryl methyl sites for hydroxylation is 1. The number of fused-ring (bicyclic) bond motifs is 1. The lowest BCUT2D eigenvalue weighted by molar-refractivity contribution is -0.136. The van der Waals surface area contributed by atoms with Crippen LogP contribution in [0.25, 0.3) is 0 Å². The molecule has 1 aromatic carbocycles. The molecule has 1 unspecified atom stereocenters. The number of hydrogen-bond acceptors (Lipinski definition) is 8. The van der Waals surface area contributed by atoms with Crippen molar-refractivity contribution in [2.75, 3.05) is 37.4 Å². The lowest BCUT2D eigenvalue weighted by Crippen LogP contribution is -2.37. The third kappa shape index (κ3) is 5.15. The third-order valence-corrected chi connectivity index (χ3v) is 8.41. The summed E-state index contributed by atoms with van der Waals surface area (Å²) in [4.78, 5) is 21.1. The third-order valence-electron chi connectivity index (χ3n) is 7.28. The van der Waals surface area contributed by atoms with E-state index in [1.165, 1.54) is 0 Å². The Morgan fingerprint density at radius 3 is 2.64 bits per heavy atom. The number of aliphatic hydroxyl groups excluding tert-OH is 1. The molecule has 1 saturated carbocycles. The van der Waals surface area contributed by atoms with Crippen LogP contribution in [0.4, 0.5) is 11.4 Å². The van der Waals surface area contributed by atoms with Crippen LogP contribution in [0, 0.1) is 12.8 Å². The number of hydrogen-bond donors (Lipinski definition) is 1. The van der Waals surface area contributed by atoms with Crippen LogP contribution in [-0.4, -0.2) is 74.0 Å². The maximum atomic E-state index is 12.9. The summed E-state index contributed by atoms with van der Waals surface area (Å²) in [5.41, 5.74) is 2.22. The maximum absolute atomic E-state index is 12.9. The summed E-state index contributed by atoms with van der Waals surface area (Å²) >= 11 is 0. The number of benzene rings is 1. The van der Waals surface area contributed by atoms with Gasteiger partial charge in [0.1, 0.15) is 24.2 Å². The van der Waals surface area contributed by atoms with E-state index >= 15 is 0 Å². The molecule has 1 aromatic heterocycles. The summed E-state index contributed by atoms with van der Waals surface area (Å²) in [6.45, 7) is 4.08. The zero-order chi connectivity index (χ0) is 25.4. The van der Waals surface area contributed by atoms with Crippen LogP contribution >= 0.6 is 0 Å². The van der Waals surface area contributed by atoms with Gasteiger partial charge in [-0.2, -0.15) is 0 Å². The average molecular weight is 516 g/mol. The molecule has 3 aliphatic rings. The van der Waals surface area contributed by atoms with Crippen LogP contribution in [-0.2, 0) is 14.6 Å². The SMILES string of the molecule is Cc1cc(N2CCOc3ccc(OC4CCN(C(=O)C5CCC(O)CC5)C4)cc32)cnc1S(C)(=O)=O. The fourth-order valence-corrected chi connectivity index (χ4v) is 6.31. The van der Waals surface area contributed by atoms with E-state index in [9.17, 15) is 18.3 Å². The van der Waals surface area contributed by atoms with Crippen molar-refractivity contribution in [3.05, 3.63) is 36.0 Å². The predicted octanol–water partition coefficient (Wildman–Crippen LogP) is 2.85. The van der Waals surface area contributed by atoms with E-state index in [0.717, 1.165) is 42.6 Å². The number of ether oxygens (including phenoxy) is 2. The van der Waals surface area contributed by atoms with E-state index in [1.54, 1.807) is 13.1 Å². The maximum Gasteiger partial charge on any atom is 0.225 e. The molecule has 2 aliphatic heterocycles. The van der Waals surface area contributed by atoms with Gasteiger partial charge in [0.25, 0.3) is 0 Å². The van der Waals surface area contributed by atoms with Gasteiger partial charge in [-0.3, -0.25) is 4.79 Å². The van der Waals surface area contributed by atoms with Gasteiger partial charge in [-0.25, -0.2) is 13.4 Å². The van der Waals surface area contributed by atoms with Gasteiger partial charge in [0.15, 0.2) is 14.9 Å². The zero-order valence-corrected chi connectivity index (χ0v) is 21.5. The number of nitrogens with zero attached hydrogens (tertiary/aromatic N) is 3. The molecule has 1 atom stereocenters. The molecule has 2 fully saturated rings. The van der Waals surface area contributed by atoms with Crippen LogP contribution in [0.2, 0.25) is 0 Å². The first kappa shape index (κ1) is 24.8. The molecule has 9 nitrogen and oxygen atoms in total. The highest BCUT2D eigenvalue weighted by Crippen LogP contribution is 2.40. The molecule has 0 bridgehead atoms. The van der Waals surface area contributed by atoms with Crippen LogP contribution in [0.5, 0.6) is 11.5 Å². The van der Waals surface area contributed by atoms with E-state index < -0.39 is 9.84 Å². The molecule has 5 rings (SSSR count). The van der Waals surface area contributed by atoms with Gasteiger partial charge >= 0.3 is 0 Å². The molecule has 1 N–H and O–H groups in total. The Hall–Kier alpha value is -2.85. The molecule has 2 aromatic rings. The predicted molar refractivity (Wildman–Crippen MR) is 135 cm³/mol. The lowest BCUT2D eigenvalue weighted by atomic mass is 9.86. The summed E-state index contributed by atoms with van der Waals surface area (Å²) in [6.07, 6.45) is 6.06. The zero-order valence-electron chi connectivity index (χ0n) is 20.7. The molecular formula is C26H33N3O6S. The van der Waals surface area contributed by atoms with Crippen molar-refractivity contribution in [2.24, 2.45) is 5.92 Å². The number of carbonyl (C=O) groups excluding carboxylic acids is 1. The molecular weight excluding hydrogens is 482 g/mol. The van der Waals surface area contributed by atoms with E-state index in [-0.39, 0.29) is 29.1 Å². The number of amides is 1. The van der Waals surface area contributed by atoms with Crippen LogP contribution in [0.3, 0.4) is 0 Å². The highest BCUT2D eigenvalue weighted by molar-refractivity contribution is 7.90. The van der Waals surface area contributed by atoms with Gasteiger partial charge in [-0.1, -0.05) is 0 Å². The number of pyridine rings is 1. The second kappa shape index (κ2) is 9.89. The molecule has 3 heterocycles. The van der Waals surface area contributed by atoms with Crippen molar-refractivity contribution in [3.8, 4) is 11.5 Å². The van der Waals surface area contributed by atoms with Gasteiger partial charge in [-0.05, 0) is 56.4 Å². The first-order valence-corrected chi connectivity index (χ1v) is 14.4. The Morgan fingerprint density at radius 2 is 1.92 bits per heavy atom. The summed E-state index contributed by atoms with van der Waals surface area (Å²) in [6, 6.07) is 7.52. The smallest absolute Gasteiger partial charge is 0.225 e. The molecule has 36 heavy (non-hydrogen) atoms. The van der Waals surface area contributed by atoms with Crippen LogP contribution < -0.4 is 14.4 Å². The van der Waals surface area contributed by atoms with Crippen molar-refractivity contribution >= 4 is 27.1 Å². The fourth-order valence-electron chi connectivity index (χ4n) is 5.42. The van der Waals surface area contributed by atoms with E-state index in [4.69, 9.17) is 9.47 Å². The number of aliphatic hydroxyl groups is 1. The fraction of sp³-hybridized carbons (Fsp3) is 0.538. The number of carbonyl (C=O) groups is 1. The van der Waals surface area contributed by atoms with Crippen LogP contribution in [0.1, 0.15) is 37.7 Å². The van der Waals surface area contributed by atoms with Crippen molar-refractivity contribution in [1.29, 1.82) is 0 Å². The molecule has 1 saturated heterocycles. The minimum atomic E-state index is -3.40. The number of sulfone groups is 1. The first-order valence-electron chi connectivity index (χ1n) is 12.5. The van der Waals surface area contributed by atoms with Gasteiger partial charge in [-0.15, -0.1) is 0 Å². The van der Waals surface area contributed by atoms with Gasteiger partial charge in [0, 0.05) is 31.2 Å². The van der Waals surface area contributed by atoms with Gasteiger partial charge < -0.3 is 24.4 Å². The largest absolute Gasteiger partial charge is 0.490 e. The second-order valence-corrected chi connectivity index (χ2v) is 12.0. The monoisotopic (exact) mass is 515 g/mol. The van der Waals surface area contributed by atoms with Crippen LogP contribution in [0.15, 0.2) is 35.5 Å². The highest BCUT2D eigenvalue weighted by atomic mass is 32.2. The minimum absolute atomic E-state index is 0.00718. The molecule has 10 heteroatoms. The lowest BCUT2D eigenvalue weighted by Gasteiger charge is -2.32. The molecule has 1 amide bonds. The second-order valence-electron chi connectivity index (χ2n) is 10.0. The normalized spacial score (nSPS) is 24.2. The first-order chi connectivity index (χ1) is 17.2. The average Bonchev–Trinajstić information content (AvgIpc) is 3.31. The summed E-state index contributed by atoms with van der Waals surface area (Å²) in [5.74, 6) is 1.61. The topological polar surface area (TPSA) is 109 Å². The molecule has 0 spiro atoms. The van der Waals surface area contributed by atoms with Crippen molar-refractivity contribution in [2.45, 2.75) is 56.3 Å². The molecule has 194 valence electrons.